The number of hydrogen-bond acceptors (Lipinski definition) is 4. The molecule has 5 nitrogen and oxygen atoms in total. The third-order valence-corrected chi connectivity index (χ3v) is 2.45. The van der Waals surface area contributed by atoms with Crippen molar-refractivity contribution in [2.24, 2.45) is 0 Å². The van der Waals surface area contributed by atoms with Crippen LogP contribution in [0.15, 0.2) is 12.1 Å². The highest BCUT2D eigenvalue weighted by atomic mass is 19.4. The highest BCUT2D eigenvalue weighted by Crippen LogP contribution is 2.38. The van der Waals surface area contributed by atoms with Gasteiger partial charge in [0.15, 0.2) is 11.5 Å². The van der Waals surface area contributed by atoms with E-state index in [1.54, 1.807) is 0 Å². The van der Waals surface area contributed by atoms with Crippen molar-refractivity contribution in [2.75, 3.05) is 17.8 Å². The Bertz CT molecular complexity index is 503. The maximum absolute atomic E-state index is 12.0. The molecule has 2 rings (SSSR count). The van der Waals surface area contributed by atoms with Crippen molar-refractivity contribution in [2.45, 2.75) is 19.0 Å². The van der Waals surface area contributed by atoms with Crippen molar-refractivity contribution in [1.82, 2.24) is 0 Å². The lowest BCUT2D eigenvalue weighted by Crippen LogP contribution is -2.17. The molecule has 1 aliphatic heterocycles. The number of ether oxygens (including phenoxy) is 2. The molecule has 0 atom stereocenters. The third kappa shape index (κ3) is 3.43. The van der Waals surface area contributed by atoms with E-state index in [4.69, 9.17) is 15.2 Å². The topological polar surface area (TPSA) is 73.6 Å². The largest absolute Gasteiger partial charge is 0.454 e. The second-order valence-corrected chi connectivity index (χ2v) is 3.96. The first-order valence-electron chi connectivity index (χ1n) is 5.41. The summed E-state index contributed by atoms with van der Waals surface area (Å²) >= 11 is 0. The maximum Gasteiger partial charge on any atom is 0.389 e. The fourth-order valence-electron chi connectivity index (χ4n) is 1.53. The maximum atomic E-state index is 12.0. The standard InChI is InChI=1S/C11H11F3N2O3/c12-11(13,14)2-1-10(17)16-7-4-9-8(3-6(7)15)18-5-19-9/h3-4H,1-2,5,15H2,(H,16,17). The zero-order chi connectivity index (χ0) is 14.0. The molecule has 0 aliphatic carbocycles. The van der Waals surface area contributed by atoms with Crippen LogP contribution < -0.4 is 20.5 Å². The molecule has 1 aromatic carbocycles. The average Bonchev–Trinajstić information content (AvgIpc) is 2.73. The second kappa shape index (κ2) is 4.87. The molecule has 1 aromatic rings. The van der Waals surface area contributed by atoms with Crippen molar-refractivity contribution in [1.29, 1.82) is 0 Å². The number of amides is 1. The molecule has 0 unspecified atom stereocenters. The van der Waals surface area contributed by atoms with Gasteiger partial charge in [0.1, 0.15) is 0 Å². The highest BCUT2D eigenvalue weighted by Gasteiger charge is 2.28. The first-order valence-corrected chi connectivity index (χ1v) is 5.41. The van der Waals surface area contributed by atoms with Crippen LogP contribution in [0.5, 0.6) is 11.5 Å². The molecule has 1 heterocycles. The molecule has 1 aliphatic rings. The normalized spacial score (nSPS) is 13.4. The quantitative estimate of drug-likeness (QED) is 0.831. The van der Waals surface area contributed by atoms with Crippen molar-refractivity contribution in [3.63, 3.8) is 0 Å². The molecular formula is C11H11F3N2O3. The van der Waals surface area contributed by atoms with Gasteiger partial charge < -0.3 is 20.5 Å². The number of anilines is 2. The van der Waals surface area contributed by atoms with Gasteiger partial charge in [0.05, 0.1) is 17.8 Å². The van der Waals surface area contributed by atoms with E-state index in [0.717, 1.165) is 0 Å². The van der Waals surface area contributed by atoms with Gasteiger partial charge >= 0.3 is 6.18 Å². The van der Waals surface area contributed by atoms with E-state index in [0.29, 0.717) is 11.5 Å². The van der Waals surface area contributed by atoms with Gasteiger partial charge in [0, 0.05) is 18.6 Å². The molecule has 0 fully saturated rings. The number of nitrogens with one attached hydrogen (secondary N) is 1. The molecule has 0 saturated heterocycles. The molecular weight excluding hydrogens is 265 g/mol. The van der Waals surface area contributed by atoms with Crippen LogP contribution in [0.3, 0.4) is 0 Å². The lowest BCUT2D eigenvalue weighted by atomic mass is 10.2. The minimum atomic E-state index is -4.36. The van der Waals surface area contributed by atoms with E-state index in [1.807, 2.05) is 0 Å². The van der Waals surface area contributed by atoms with Crippen LogP contribution in [0.1, 0.15) is 12.8 Å². The van der Waals surface area contributed by atoms with Crippen LogP contribution >= 0.6 is 0 Å². The Morgan fingerprint density at radius 1 is 1.32 bits per heavy atom. The summed E-state index contributed by atoms with van der Waals surface area (Å²) in [5.41, 5.74) is 6.06. The van der Waals surface area contributed by atoms with Gasteiger partial charge in [0.2, 0.25) is 12.7 Å². The smallest absolute Gasteiger partial charge is 0.389 e. The molecule has 8 heteroatoms. The summed E-state index contributed by atoms with van der Waals surface area (Å²) in [5, 5.41) is 2.31. The number of carbonyl (C=O) groups is 1. The molecule has 104 valence electrons. The van der Waals surface area contributed by atoms with Gasteiger partial charge in [-0.25, -0.2) is 0 Å². The Kier molecular flexibility index (Phi) is 3.41. The van der Waals surface area contributed by atoms with E-state index in [-0.39, 0.29) is 18.2 Å². The number of alkyl halides is 3. The van der Waals surface area contributed by atoms with Crippen LogP contribution in [-0.2, 0) is 4.79 Å². The molecule has 0 aromatic heterocycles. The van der Waals surface area contributed by atoms with Crippen molar-refractivity contribution < 1.29 is 27.4 Å². The SMILES string of the molecule is Nc1cc2c(cc1NC(=O)CCC(F)(F)F)OCO2. The number of nitrogens with two attached hydrogens (primary N) is 1. The summed E-state index contributed by atoms with van der Waals surface area (Å²) in [7, 11) is 0. The highest BCUT2D eigenvalue weighted by molar-refractivity contribution is 5.94. The fourth-order valence-corrected chi connectivity index (χ4v) is 1.53. The monoisotopic (exact) mass is 276 g/mol. The summed E-state index contributed by atoms with van der Waals surface area (Å²) in [6, 6.07) is 2.87. The van der Waals surface area contributed by atoms with Crippen molar-refractivity contribution >= 4 is 17.3 Å². The van der Waals surface area contributed by atoms with E-state index >= 15 is 0 Å². The lowest BCUT2D eigenvalue weighted by Gasteiger charge is -2.10. The zero-order valence-electron chi connectivity index (χ0n) is 9.71. The van der Waals surface area contributed by atoms with Crippen molar-refractivity contribution in [3.8, 4) is 11.5 Å². The van der Waals surface area contributed by atoms with Gasteiger partial charge in [-0.3, -0.25) is 4.79 Å². The van der Waals surface area contributed by atoms with Crippen LogP contribution in [-0.4, -0.2) is 18.9 Å². The summed E-state index contributed by atoms with van der Waals surface area (Å²) in [6.07, 6.45) is -6.20. The lowest BCUT2D eigenvalue weighted by molar-refractivity contribution is -0.142. The molecule has 0 bridgehead atoms. The van der Waals surface area contributed by atoms with Crippen molar-refractivity contribution in [3.05, 3.63) is 12.1 Å². The number of benzene rings is 1. The minimum absolute atomic E-state index is 0.0419. The van der Waals surface area contributed by atoms with Crippen LogP contribution in [0.2, 0.25) is 0 Å². The molecule has 0 radical (unpaired) electrons. The van der Waals surface area contributed by atoms with E-state index < -0.39 is 24.9 Å². The summed E-state index contributed by atoms with van der Waals surface area (Å²) in [6.45, 7) is 0.0419. The molecule has 3 N–H and O–H groups in total. The first kappa shape index (κ1) is 13.3. The van der Waals surface area contributed by atoms with Gasteiger partial charge in [-0.2, -0.15) is 13.2 Å². The first-order chi connectivity index (χ1) is 8.85. The molecule has 1 amide bonds. The van der Waals surface area contributed by atoms with E-state index in [2.05, 4.69) is 5.32 Å². The number of nitrogen functional groups attached to an aromatic ring is 1. The van der Waals surface area contributed by atoms with Gasteiger partial charge in [-0.05, 0) is 0 Å². The molecule has 0 spiro atoms. The molecule has 19 heavy (non-hydrogen) atoms. The van der Waals surface area contributed by atoms with E-state index in [1.165, 1.54) is 12.1 Å². The molecule has 0 saturated carbocycles. The average molecular weight is 276 g/mol. The van der Waals surface area contributed by atoms with Crippen LogP contribution in [0.4, 0.5) is 24.5 Å². The third-order valence-electron chi connectivity index (χ3n) is 2.45. The van der Waals surface area contributed by atoms with Gasteiger partial charge in [0.25, 0.3) is 0 Å². The number of hydrogen-bond donors (Lipinski definition) is 2. The number of carbonyl (C=O) groups excluding carboxylic acids is 1. The number of fused-ring (bicyclic) bond motifs is 1. The Morgan fingerprint density at radius 2 is 1.95 bits per heavy atom. The summed E-state index contributed by atoms with van der Waals surface area (Å²) < 4.78 is 46.1. The summed E-state index contributed by atoms with van der Waals surface area (Å²) in [4.78, 5) is 11.4. The summed E-state index contributed by atoms with van der Waals surface area (Å²) in [5.74, 6) is 0.0639. The Hall–Kier alpha value is -2.12. The van der Waals surface area contributed by atoms with Gasteiger partial charge in [-0.15, -0.1) is 0 Å². The second-order valence-electron chi connectivity index (χ2n) is 3.96. The minimum Gasteiger partial charge on any atom is -0.454 e. The zero-order valence-corrected chi connectivity index (χ0v) is 9.71. The number of halogens is 3. The van der Waals surface area contributed by atoms with Crippen LogP contribution in [0, 0.1) is 0 Å². The number of rotatable bonds is 3. The van der Waals surface area contributed by atoms with E-state index in [9.17, 15) is 18.0 Å². The Labute approximate surface area is 106 Å². The predicted octanol–water partition coefficient (Wildman–Crippen LogP) is 2.28. The van der Waals surface area contributed by atoms with Crippen LogP contribution in [0.25, 0.3) is 0 Å². The Balaban J connectivity index is 2.01. The van der Waals surface area contributed by atoms with Gasteiger partial charge in [-0.1, -0.05) is 0 Å². The Morgan fingerprint density at radius 3 is 2.58 bits per heavy atom. The predicted molar refractivity (Wildman–Crippen MR) is 60.9 cm³/mol. The fraction of sp³-hybridized carbons (Fsp3) is 0.364.